The third-order valence-electron chi connectivity index (χ3n) is 5.02. The first-order valence-corrected chi connectivity index (χ1v) is 9.58. The maximum Gasteiger partial charge on any atom is 0.191 e. The van der Waals surface area contributed by atoms with Crippen LogP contribution in [0.4, 0.5) is 0 Å². The molecule has 0 bridgehead atoms. The highest BCUT2D eigenvalue weighted by Gasteiger charge is 2.24. The van der Waals surface area contributed by atoms with E-state index in [-0.39, 0.29) is 30.0 Å². The third kappa shape index (κ3) is 7.06. The maximum absolute atomic E-state index is 4.88. The number of rotatable bonds is 6. The van der Waals surface area contributed by atoms with Gasteiger partial charge in [-0.1, -0.05) is 13.8 Å². The Labute approximate surface area is 176 Å². The second-order valence-electron chi connectivity index (χ2n) is 7.91. The predicted molar refractivity (Wildman–Crippen MR) is 120 cm³/mol. The van der Waals surface area contributed by atoms with Crippen LogP contribution < -0.4 is 10.6 Å². The fourth-order valence-corrected chi connectivity index (χ4v) is 3.94. The van der Waals surface area contributed by atoms with Crippen LogP contribution in [-0.2, 0) is 7.05 Å². The van der Waals surface area contributed by atoms with Crippen molar-refractivity contribution in [2.24, 2.45) is 23.9 Å². The maximum atomic E-state index is 4.88. The van der Waals surface area contributed by atoms with Crippen LogP contribution in [0.2, 0.25) is 0 Å². The lowest BCUT2D eigenvalue weighted by Crippen LogP contribution is -2.46. The van der Waals surface area contributed by atoms with E-state index in [0.717, 1.165) is 24.3 Å². The lowest BCUT2D eigenvalue weighted by molar-refractivity contribution is 0.254. The highest BCUT2D eigenvalue weighted by molar-refractivity contribution is 14.0. The van der Waals surface area contributed by atoms with E-state index >= 15 is 0 Å². The SMILES string of the molecule is CCNC(=NCC(c1cnn(C)c1)N(C)C)NC1CC(C)CC(C)C1.I. The van der Waals surface area contributed by atoms with E-state index in [2.05, 4.69) is 61.7 Å². The van der Waals surface area contributed by atoms with Gasteiger partial charge in [0.15, 0.2) is 5.96 Å². The molecule has 2 N–H and O–H groups in total. The van der Waals surface area contributed by atoms with Crippen LogP contribution in [0, 0.1) is 11.8 Å². The number of guanidine groups is 1. The standard InChI is InChI=1S/C19H36N6.HI/c1-7-20-19(23-17-9-14(2)8-15(3)10-17)21-12-18(24(4)5)16-11-22-25(6)13-16;/h11,13-15,17-18H,7-10,12H2,1-6H3,(H2,20,21,23);1H. The molecule has 0 saturated heterocycles. The van der Waals surface area contributed by atoms with Crippen LogP contribution in [0.1, 0.15) is 51.6 Å². The lowest BCUT2D eigenvalue weighted by atomic mass is 9.80. The Bertz CT molecular complexity index is 546. The number of aliphatic imine (C=N–C) groups is 1. The summed E-state index contributed by atoms with van der Waals surface area (Å²) in [5.74, 6) is 2.51. The molecule has 0 amide bonds. The molecule has 150 valence electrons. The van der Waals surface area contributed by atoms with Crippen molar-refractivity contribution in [3.05, 3.63) is 18.0 Å². The van der Waals surface area contributed by atoms with Gasteiger partial charge in [-0.05, 0) is 52.1 Å². The summed E-state index contributed by atoms with van der Waals surface area (Å²) in [6.07, 6.45) is 7.81. The number of aryl methyl sites for hydroxylation is 1. The molecular formula is C19H37IN6. The average molecular weight is 476 g/mol. The number of likely N-dealkylation sites (N-methyl/N-ethyl adjacent to an activating group) is 1. The molecule has 1 saturated carbocycles. The molecule has 2 rings (SSSR count). The first kappa shape index (κ1) is 23.2. The van der Waals surface area contributed by atoms with Gasteiger partial charge in [-0.25, -0.2) is 0 Å². The molecular weight excluding hydrogens is 439 g/mol. The number of halogens is 1. The summed E-state index contributed by atoms with van der Waals surface area (Å²) in [5, 5.41) is 11.4. The fourth-order valence-electron chi connectivity index (χ4n) is 3.94. The van der Waals surface area contributed by atoms with E-state index in [9.17, 15) is 0 Å². The van der Waals surface area contributed by atoms with Crippen molar-refractivity contribution in [2.75, 3.05) is 27.2 Å². The van der Waals surface area contributed by atoms with Gasteiger partial charge in [0.05, 0.1) is 18.8 Å². The van der Waals surface area contributed by atoms with Crippen LogP contribution in [0.15, 0.2) is 17.4 Å². The van der Waals surface area contributed by atoms with E-state index < -0.39 is 0 Å². The van der Waals surface area contributed by atoms with Gasteiger partial charge >= 0.3 is 0 Å². The smallest absolute Gasteiger partial charge is 0.191 e. The molecule has 3 atom stereocenters. The summed E-state index contributed by atoms with van der Waals surface area (Å²) in [7, 11) is 6.15. The van der Waals surface area contributed by atoms with Crippen LogP contribution in [-0.4, -0.2) is 53.9 Å². The van der Waals surface area contributed by atoms with Gasteiger partial charge in [0, 0.05) is 31.4 Å². The highest BCUT2D eigenvalue weighted by Crippen LogP contribution is 2.28. The molecule has 1 fully saturated rings. The van der Waals surface area contributed by atoms with Crippen molar-refractivity contribution in [1.82, 2.24) is 25.3 Å². The molecule has 0 aromatic carbocycles. The Morgan fingerprint density at radius 2 is 1.96 bits per heavy atom. The summed E-state index contributed by atoms with van der Waals surface area (Å²) in [4.78, 5) is 7.08. The minimum Gasteiger partial charge on any atom is -0.357 e. The highest BCUT2D eigenvalue weighted by atomic mass is 127. The topological polar surface area (TPSA) is 57.5 Å². The van der Waals surface area contributed by atoms with Gasteiger partial charge in [-0.15, -0.1) is 24.0 Å². The molecule has 0 spiro atoms. The summed E-state index contributed by atoms with van der Waals surface area (Å²) in [5.41, 5.74) is 1.20. The number of hydrogen-bond acceptors (Lipinski definition) is 3. The predicted octanol–water partition coefficient (Wildman–Crippen LogP) is 3.02. The zero-order valence-electron chi connectivity index (χ0n) is 17.2. The fraction of sp³-hybridized carbons (Fsp3) is 0.789. The minimum absolute atomic E-state index is 0. The summed E-state index contributed by atoms with van der Waals surface area (Å²) in [6, 6.07) is 0.751. The molecule has 3 unspecified atom stereocenters. The Morgan fingerprint density at radius 3 is 2.46 bits per heavy atom. The van der Waals surface area contributed by atoms with Crippen LogP contribution >= 0.6 is 24.0 Å². The Morgan fingerprint density at radius 1 is 1.31 bits per heavy atom. The minimum atomic E-state index is 0. The van der Waals surface area contributed by atoms with Crippen molar-refractivity contribution in [1.29, 1.82) is 0 Å². The monoisotopic (exact) mass is 476 g/mol. The summed E-state index contributed by atoms with van der Waals surface area (Å²) >= 11 is 0. The first-order valence-electron chi connectivity index (χ1n) is 9.58. The van der Waals surface area contributed by atoms with Crippen LogP contribution in [0.5, 0.6) is 0 Å². The van der Waals surface area contributed by atoms with E-state index in [0.29, 0.717) is 12.6 Å². The number of hydrogen-bond donors (Lipinski definition) is 2. The van der Waals surface area contributed by atoms with Gasteiger partial charge in [-0.2, -0.15) is 5.10 Å². The van der Waals surface area contributed by atoms with Gasteiger partial charge < -0.3 is 15.5 Å². The molecule has 26 heavy (non-hydrogen) atoms. The molecule has 6 nitrogen and oxygen atoms in total. The molecule has 7 heteroatoms. The average Bonchev–Trinajstić information content (AvgIpc) is 2.92. The van der Waals surface area contributed by atoms with Gasteiger partial charge in [0.2, 0.25) is 0 Å². The zero-order valence-corrected chi connectivity index (χ0v) is 19.5. The van der Waals surface area contributed by atoms with Crippen molar-refractivity contribution in [3.63, 3.8) is 0 Å². The van der Waals surface area contributed by atoms with Gasteiger partial charge in [0.25, 0.3) is 0 Å². The van der Waals surface area contributed by atoms with Crippen LogP contribution in [0.3, 0.4) is 0 Å². The quantitative estimate of drug-likeness (QED) is 0.377. The molecule has 0 radical (unpaired) electrons. The number of aromatic nitrogens is 2. The lowest BCUT2D eigenvalue weighted by Gasteiger charge is -2.33. The number of nitrogens with zero attached hydrogens (tertiary/aromatic N) is 4. The second kappa shape index (κ2) is 11.1. The first-order chi connectivity index (χ1) is 11.9. The van der Waals surface area contributed by atoms with Crippen molar-refractivity contribution in [2.45, 2.75) is 52.1 Å². The van der Waals surface area contributed by atoms with Crippen molar-refractivity contribution < 1.29 is 0 Å². The van der Waals surface area contributed by atoms with E-state index in [1.165, 1.54) is 24.8 Å². The van der Waals surface area contributed by atoms with Gasteiger partial charge in [0.1, 0.15) is 0 Å². The second-order valence-corrected chi connectivity index (χ2v) is 7.91. The van der Waals surface area contributed by atoms with Gasteiger partial charge in [-0.3, -0.25) is 9.67 Å². The summed E-state index contributed by atoms with van der Waals surface area (Å²) < 4.78 is 1.85. The molecule has 0 aliphatic heterocycles. The molecule has 1 aromatic heterocycles. The van der Waals surface area contributed by atoms with Crippen molar-refractivity contribution >= 4 is 29.9 Å². The Balaban J connectivity index is 0.00000338. The molecule has 1 aliphatic carbocycles. The summed E-state index contributed by atoms with van der Waals surface area (Å²) in [6.45, 7) is 8.43. The Kier molecular flexibility index (Phi) is 9.92. The molecule has 1 aromatic rings. The molecule has 1 aliphatic rings. The van der Waals surface area contributed by atoms with E-state index in [4.69, 9.17) is 4.99 Å². The zero-order chi connectivity index (χ0) is 18.4. The number of nitrogens with one attached hydrogen (secondary N) is 2. The molecule has 1 heterocycles. The Hall–Kier alpha value is -0.830. The van der Waals surface area contributed by atoms with Crippen LogP contribution in [0.25, 0.3) is 0 Å². The van der Waals surface area contributed by atoms with E-state index in [1.807, 2.05) is 17.9 Å². The largest absolute Gasteiger partial charge is 0.357 e. The normalized spacial score (nSPS) is 24.9. The van der Waals surface area contributed by atoms with Crippen molar-refractivity contribution in [3.8, 4) is 0 Å². The van der Waals surface area contributed by atoms with E-state index in [1.54, 1.807) is 0 Å². The third-order valence-corrected chi connectivity index (χ3v) is 5.02.